The topological polar surface area (TPSA) is 47.7 Å². The molecule has 6 heteroatoms. The summed E-state index contributed by atoms with van der Waals surface area (Å²) in [6.45, 7) is 8.87. The zero-order chi connectivity index (χ0) is 15.4. The predicted octanol–water partition coefficient (Wildman–Crippen LogP) is 2.69. The summed E-state index contributed by atoms with van der Waals surface area (Å²) >= 11 is 6.40. The molecular weight excluding hydrogens is 286 g/mol. The van der Waals surface area contributed by atoms with Gasteiger partial charge in [0.05, 0.1) is 29.2 Å². The monoisotopic (exact) mass is 309 g/mol. The van der Waals surface area contributed by atoms with Crippen molar-refractivity contribution in [3.05, 3.63) is 33.9 Å². The van der Waals surface area contributed by atoms with Crippen molar-refractivity contribution in [1.82, 2.24) is 24.9 Å². The third-order valence-electron chi connectivity index (χ3n) is 3.75. The van der Waals surface area contributed by atoms with Gasteiger partial charge in [-0.2, -0.15) is 10.2 Å². The molecule has 0 saturated heterocycles. The minimum absolute atomic E-state index is 0.655. The lowest BCUT2D eigenvalue weighted by atomic mass is 10.2. The van der Waals surface area contributed by atoms with Crippen molar-refractivity contribution in [3.8, 4) is 0 Å². The number of aromatic nitrogens is 4. The van der Waals surface area contributed by atoms with Gasteiger partial charge in [-0.3, -0.25) is 9.36 Å². The van der Waals surface area contributed by atoms with E-state index in [1.807, 2.05) is 22.6 Å². The summed E-state index contributed by atoms with van der Waals surface area (Å²) in [4.78, 5) is 0. The number of nitrogens with one attached hydrogen (secondary N) is 1. The second kappa shape index (κ2) is 7.09. The molecule has 2 rings (SSSR count). The number of aryl methyl sites for hydroxylation is 2. The largest absolute Gasteiger partial charge is 0.313 e. The summed E-state index contributed by atoms with van der Waals surface area (Å²) in [5.41, 5.74) is 4.36. The molecule has 0 unspecified atom stereocenters. The van der Waals surface area contributed by atoms with Crippen molar-refractivity contribution >= 4 is 11.6 Å². The molecule has 0 radical (unpaired) electrons. The number of nitrogens with zero attached hydrogens (tertiary/aromatic N) is 4. The van der Waals surface area contributed by atoms with Crippen LogP contribution in [0.25, 0.3) is 0 Å². The fourth-order valence-electron chi connectivity index (χ4n) is 2.35. The first kappa shape index (κ1) is 16.0. The van der Waals surface area contributed by atoms with Gasteiger partial charge in [-0.05, 0) is 26.3 Å². The van der Waals surface area contributed by atoms with Crippen molar-refractivity contribution in [3.63, 3.8) is 0 Å². The van der Waals surface area contributed by atoms with Crippen LogP contribution in [0.5, 0.6) is 0 Å². The van der Waals surface area contributed by atoms with Gasteiger partial charge in [0.1, 0.15) is 0 Å². The van der Waals surface area contributed by atoms with Crippen LogP contribution in [0, 0.1) is 6.92 Å². The lowest BCUT2D eigenvalue weighted by Gasteiger charge is -2.07. The van der Waals surface area contributed by atoms with Crippen LogP contribution in [-0.4, -0.2) is 26.1 Å². The van der Waals surface area contributed by atoms with E-state index in [1.54, 1.807) is 0 Å². The minimum atomic E-state index is 0.655. The molecule has 2 aromatic rings. The molecule has 0 spiro atoms. The first-order valence-corrected chi connectivity index (χ1v) is 7.88. The molecule has 5 nitrogen and oxygen atoms in total. The van der Waals surface area contributed by atoms with Gasteiger partial charge >= 0.3 is 0 Å². The molecule has 0 aromatic carbocycles. The molecule has 0 amide bonds. The highest BCUT2D eigenvalue weighted by Crippen LogP contribution is 2.22. The van der Waals surface area contributed by atoms with E-state index >= 15 is 0 Å². The molecular formula is C15H24ClN5. The van der Waals surface area contributed by atoms with E-state index in [4.69, 9.17) is 11.6 Å². The van der Waals surface area contributed by atoms with Gasteiger partial charge in [0.25, 0.3) is 0 Å². The first-order valence-electron chi connectivity index (χ1n) is 7.50. The van der Waals surface area contributed by atoms with Crippen LogP contribution in [0.2, 0.25) is 5.02 Å². The number of halogens is 1. The Kier molecular flexibility index (Phi) is 5.42. The SMILES string of the molecule is CCCNCc1cnn(Cc2c(Cl)c(CC)nn2C)c1C. The third-order valence-corrected chi connectivity index (χ3v) is 4.19. The van der Waals surface area contributed by atoms with E-state index in [2.05, 4.69) is 36.3 Å². The Bertz CT molecular complexity index is 599. The van der Waals surface area contributed by atoms with Gasteiger partial charge in [-0.15, -0.1) is 0 Å². The van der Waals surface area contributed by atoms with Gasteiger partial charge in [-0.25, -0.2) is 0 Å². The minimum Gasteiger partial charge on any atom is -0.313 e. The lowest BCUT2D eigenvalue weighted by Crippen LogP contribution is -2.15. The molecule has 21 heavy (non-hydrogen) atoms. The first-order chi connectivity index (χ1) is 10.1. The van der Waals surface area contributed by atoms with Crippen molar-refractivity contribution in [2.75, 3.05) is 6.54 Å². The van der Waals surface area contributed by atoms with Crippen molar-refractivity contribution in [1.29, 1.82) is 0 Å². The average molecular weight is 310 g/mol. The molecule has 2 aromatic heterocycles. The highest BCUT2D eigenvalue weighted by molar-refractivity contribution is 6.31. The summed E-state index contributed by atoms with van der Waals surface area (Å²) in [6.07, 6.45) is 3.91. The summed E-state index contributed by atoms with van der Waals surface area (Å²) in [7, 11) is 1.93. The van der Waals surface area contributed by atoms with Crippen LogP contribution >= 0.6 is 11.6 Å². The zero-order valence-electron chi connectivity index (χ0n) is 13.3. The number of hydrogen-bond donors (Lipinski definition) is 1. The Morgan fingerprint density at radius 1 is 1.33 bits per heavy atom. The quantitative estimate of drug-likeness (QED) is 0.800. The zero-order valence-corrected chi connectivity index (χ0v) is 14.0. The summed E-state index contributed by atoms with van der Waals surface area (Å²) in [5, 5.41) is 13.1. The van der Waals surface area contributed by atoms with Crippen LogP contribution in [-0.2, 0) is 26.6 Å². The fraction of sp³-hybridized carbons (Fsp3) is 0.600. The highest BCUT2D eigenvalue weighted by Gasteiger charge is 2.15. The van der Waals surface area contributed by atoms with Crippen LogP contribution in [0.1, 0.15) is 42.9 Å². The van der Waals surface area contributed by atoms with E-state index < -0.39 is 0 Å². The number of hydrogen-bond acceptors (Lipinski definition) is 3. The summed E-state index contributed by atoms with van der Waals surface area (Å²) in [6, 6.07) is 0. The molecule has 0 bridgehead atoms. The smallest absolute Gasteiger partial charge is 0.0869 e. The van der Waals surface area contributed by atoms with Gasteiger partial charge < -0.3 is 5.32 Å². The Balaban J connectivity index is 2.15. The molecule has 2 heterocycles. The van der Waals surface area contributed by atoms with E-state index in [9.17, 15) is 0 Å². The maximum absolute atomic E-state index is 6.40. The molecule has 0 saturated carbocycles. The van der Waals surface area contributed by atoms with Gasteiger partial charge in [-0.1, -0.05) is 25.4 Å². The molecule has 0 fully saturated rings. The second-order valence-electron chi connectivity index (χ2n) is 5.27. The Morgan fingerprint density at radius 2 is 2.10 bits per heavy atom. The fourth-order valence-corrected chi connectivity index (χ4v) is 2.70. The molecule has 0 atom stereocenters. The van der Waals surface area contributed by atoms with Gasteiger partial charge in [0, 0.05) is 24.8 Å². The number of rotatable bonds is 7. The van der Waals surface area contributed by atoms with Crippen LogP contribution in [0.4, 0.5) is 0 Å². The second-order valence-corrected chi connectivity index (χ2v) is 5.65. The van der Waals surface area contributed by atoms with Crippen molar-refractivity contribution in [2.45, 2.75) is 46.7 Å². The third kappa shape index (κ3) is 3.47. The molecule has 0 aliphatic carbocycles. The Morgan fingerprint density at radius 3 is 2.71 bits per heavy atom. The normalized spacial score (nSPS) is 11.3. The maximum atomic E-state index is 6.40. The highest BCUT2D eigenvalue weighted by atomic mass is 35.5. The molecule has 116 valence electrons. The average Bonchev–Trinajstić information content (AvgIpc) is 2.95. The van der Waals surface area contributed by atoms with E-state index in [1.165, 1.54) is 11.3 Å². The van der Waals surface area contributed by atoms with Gasteiger partial charge in [0.2, 0.25) is 0 Å². The standard InChI is InChI=1S/C15H24ClN5/c1-5-7-17-8-12-9-18-21(11(12)3)10-14-15(16)13(6-2)19-20(14)4/h9,17H,5-8,10H2,1-4H3. The van der Waals surface area contributed by atoms with Crippen molar-refractivity contribution in [2.24, 2.45) is 7.05 Å². The van der Waals surface area contributed by atoms with E-state index in [0.29, 0.717) is 6.54 Å². The summed E-state index contributed by atoms with van der Waals surface area (Å²) in [5.74, 6) is 0. The van der Waals surface area contributed by atoms with Gasteiger partial charge in [0.15, 0.2) is 0 Å². The van der Waals surface area contributed by atoms with E-state index in [-0.39, 0.29) is 0 Å². The molecule has 0 aliphatic heterocycles. The maximum Gasteiger partial charge on any atom is 0.0869 e. The predicted molar refractivity (Wildman–Crippen MR) is 85.7 cm³/mol. The van der Waals surface area contributed by atoms with Crippen LogP contribution in [0.15, 0.2) is 6.20 Å². The molecule has 0 aliphatic rings. The Hall–Kier alpha value is -1.33. The van der Waals surface area contributed by atoms with Crippen LogP contribution in [0.3, 0.4) is 0 Å². The van der Waals surface area contributed by atoms with Crippen molar-refractivity contribution < 1.29 is 0 Å². The molecule has 1 N–H and O–H groups in total. The lowest BCUT2D eigenvalue weighted by molar-refractivity contribution is 0.603. The Labute approximate surface area is 131 Å². The summed E-state index contributed by atoms with van der Waals surface area (Å²) < 4.78 is 3.85. The van der Waals surface area contributed by atoms with Crippen LogP contribution < -0.4 is 5.32 Å². The van der Waals surface area contributed by atoms with E-state index in [0.717, 1.165) is 42.3 Å².